The monoisotopic (exact) mass is 538 g/mol. The van der Waals surface area contributed by atoms with Crippen LogP contribution in [-0.2, 0) is 9.53 Å². The molecule has 1 rings (SSSR count). The molecule has 0 atom stereocenters. The van der Waals surface area contributed by atoms with E-state index in [1.807, 2.05) is 55.5 Å². The molecule has 0 unspecified atom stereocenters. The highest BCUT2D eigenvalue weighted by molar-refractivity contribution is 7.98. The minimum absolute atomic E-state index is 0.208. The smallest absolute Gasteiger partial charge is 0.162 e. The molecule has 0 aromatic rings. The minimum Gasteiger partial charge on any atom is -0.373 e. The van der Waals surface area contributed by atoms with Crippen molar-refractivity contribution in [3.05, 3.63) is 96.8 Å². The molecule has 0 spiro atoms. The Labute approximate surface area is 237 Å². The number of nitrogens with one attached hydrogen (secondary N) is 1. The maximum atomic E-state index is 12.7. The van der Waals surface area contributed by atoms with Gasteiger partial charge in [0, 0.05) is 22.9 Å². The molecule has 0 aromatic heterocycles. The van der Waals surface area contributed by atoms with E-state index in [0.29, 0.717) is 30.8 Å². The number of likely N-dealkylation sites (tertiary alicyclic amines) is 1. The van der Waals surface area contributed by atoms with Crippen molar-refractivity contribution in [3.8, 4) is 0 Å². The summed E-state index contributed by atoms with van der Waals surface area (Å²) >= 11 is 1.73. The van der Waals surface area contributed by atoms with E-state index in [1.54, 1.807) is 18.0 Å². The zero-order valence-corrected chi connectivity index (χ0v) is 25.0. The molecular weight excluding hydrogens is 488 g/mol. The molecule has 0 bridgehead atoms. The highest BCUT2D eigenvalue weighted by atomic mass is 32.2. The summed E-state index contributed by atoms with van der Waals surface area (Å²) < 4.78 is 9.02. The molecule has 38 heavy (non-hydrogen) atoms. The van der Waals surface area contributed by atoms with Crippen LogP contribution in [0.3, 0.4) is 0 Å². The van der Waals surface area contributed by atoms with Gasteiger partial charge >= 0.3 is 0 Å². The number of rotatable bonds is 19. The molecule has 210 valence electrons. The standard InChI is InChI=1S/C33H50N2O2S/c1-7-10-11-12-13-14-25-37-26-16-18-30(9-3)33(36)19-15-22-35-23-20-31(21-24-35)29(6)27-32(17-8-2)34-38-28(4)5/h7-11,13-14,16-18,27-28,31,34H,1-2,12,15,19-26H2,3-6H3/b11-10-,14-13-,18-16-,29-27+,30-9+,32-17+. The number of ether oxygens (including phenoxy) is 1. The fraction of sp³-hybridized carbons (Fsp3) is 0.485. The molecule has 1 heterocycles. The molecule has 0 aromatic carbocycles. The Kier molecular flexibility index (Phi) is 19.1. The minimum atomic E-state index is 0.208. The van der Waals surface area contributed by atoms with Gasteiger partial charge in [-0.3, -0.25) is 4.79 Å². The van der Waals surface area contributed by atoms with Crippen molar-refractivity contribution in [1.29, 1.82) is 0 Å². The lowest BCUT2D eigenvalue weighted by Gasteiger charge is -2.32. The Morgan fingerprint density at radius 3 is 2.50 bits per heavy atom. The van der Waals surface area contributed by atoms with Gasteiger partial charge in [-0.15, -0.1) is 0 Å². The van der Waals surface area contributed by atoms with Crippen molar-refractivity contribution in [2.75, 3.05) is 32.8 Å². The Morgan fingerprint density at radius 1 is 1.11 bits per heavy atom. The number of hydrogen-bond acceptors (Lipinski definition) is 5. The van der Waals surface area contributed by atoms with E-state index in [4.69, 9.17) is 4.74 Å². The van der Waals surface area contributed by atoms with Gasteiger partial charge in [0.15, 0.2) is 5.78 Å². The normalized spacial score (nSPS) is 16.8. The fourth-order valence-corrected chi connectivity index (χ4v) is 4.65. The van der Waals surface area contributed by atoms with Crippen LogP contribution in [0.4, 0.5) is 0 Å². The summed E-state index contributed by atoms with van der Waals surface area (Å²) in [6.07, 6.45) is 26.3. The van der Waals surface area contributed by atoms with Gasteiger partial charge in [-0.25, -0.2) is 0 Å². The Balaban J connectivity index is 2.34. The van der Waals surface area contributed by atoms with Gasteiger partial charge in [-0.2, -0.15) is 0 Å². The Bertz CT molecular complexity index is 885. The van der Waals surface area contributed by atoms with E-state index in [1.165, 1.54) is 18.4 Å². The fourth-order valence-electron chi connectivity index (χ4n) is 4.15. The van der Waals surface area contributed by atoms with Crippen LogP contribution in [0, 0.1) is 5.92 Å². The molecule has 5 heteroatoms. The zero-order chi connectivity index (χ0) is 28.0. The summed E-state index contributed by atoms with van der Waals surface area (Å²) in [6.45, 7) is 20.2. The van der Waals surface area contributed by atoms with Crippen LogP contribution in [0.1, 0.15) is 59.8 Å². The summed E-state index contributed by atoms with van der Waals surface area (Å²) in [5.74, 6) is 0.818. The molecule has 1 aliphatic heterocycles. The number of carbonyl (C=O) groups is 1. The molecule has 0 radical (unpaired) electrons. The second-order valence-corrected chi connectivity index (χ2v) is 11.1. The van der Waals surface area contributed by atoms with E-state index in [0.717, 1.165) is 43.7 Å². The van der Waals surface area contributed by atoms with E-state index >= 15 is 0 Å². The van der Waals surface area contributed by atoms with Crippen LogP contribution < -0.4 is 4.72 Å². The number of hydrogen-bond donors (Lipinski definition) is 1. The third-order valence-corrected chi connectivity index (χ3v) is 7.10. The van der Waals surface area contributed by atoms with Gasteiger partial charge in [-0.1, -0.05) is 87.3 Å². The first-order chi connectivity index (χ1) is 18.4. The zero-order valence-electron chi connectivity index (χ0n) is 24.2. The second kappa shape index (κ2) is 21.6. The lowest BCUT2D eigenvalue weighted by Crippen LogP contribution is -2.35. The first-order valence-electron chi connectivity index (χ1n) is 13.9. The van der Waals surface area contributed by atoms with E-state index in [2.05, 4.69) is 55.7 Å². The van der Waals surface area contributed by atoms with Crippen molar-refractivity contribution in [1.82, 2.24) is 9.62 Å². The number of piperidine rings is 1. The van der Waals surface area contributed by atoms with Crippen molar-refractivity contribution in [3.63, 3.8) is 0 Å². The quantitative estimate of drug-likeness (QED) is 0.0595. The highest BCUT2D eigenvalue weighted by Crippen LogP contribution is 2.26. The first kappa shape index (κ1) is 33.7. The molecule has 1 aliphatic rings. The van der Waals surface area contributed by atoms with Gasteiger partial charge in [-0.05, 0) is 89.2 Å². The predicted octanol–water partition coefficient (Wildman–Crippen LogP) is 7.92. The van der Waals surface area contributed by atoms with Gasteiger partial charge in [0.2, 0.25) is 0 Å². The summed E-state index contributed by atoms with van der Waals surface area (Å²) in [4.78, 5) is 15.2. The van der Waals surface area contributed by atoms with Gasteiger partial charge < -0.3 is 14.4 Å². The van der Waals surface area contributed by atoms with Crippen LogP contribution in [0.5, 0.6) is 0 Å². The predicted molar refractivity (Wildman–Crippen MR) is 168 cm³/mol. The van der Waals surface area contributed by atoms with Crippen molar-refractivity contribution < 1.29 is 9.53 Å². The van der Waals surface area contributed by atoms with Crippen LogP contribution in [-0.4, -0.2) is 48.8 Å². The topological polar surface area (TPSA) is 41.6 Å². The lowest BCUT2D eigenvalue weighted by atomic mass is 9.89. The number of carbonyl (C=O) groups excluding carboxylic acids is 1. The SMILES string of the molecule is C=C/C=C\C/C=C\COC/C=C\C(=C/C)C(=O)CCCN1CCC(/C(C)=C/C(=C\C=C)NSC(C)C)CC1. The summed E-state index contributed by atoms with van der Waals surface area (Å²) in [5, 5.41) is 0.522. The maximum absolute atomic E-state index is 12.7. The second-order valence-electron chi connectivity index (χ2n) is 9.71. The van der Waals surface area contributed by atoms with E-state index in [-0.39, 0.29) is 5.78 Å². The molecule has 1 N–H and O–H groups in total. The maximum Gasteiger partial charge on any atom is 0.162 e. The Morgan fingerprint density at radius 2 is 1.84 bits per heavy atom. The third kappa shape index (κ3) is 15.8. The van der Waals surface area contributed by atoms with Crippen molar-refractivity contribution >= 4 is 17.7 Å². The van der Waals surface area contributed by atoms with Gasteiger partial charge in [0.1, 0.15) is 0 Å². The third-order valence-electron chi connectivity index (χ3n) is 6.27. The molecule has 1 fully saturated rings. The summed E-state index contributed by atoms with van der Waals surface area (Å²) in [6, 6.07) is 0. The number of allylic oxidation sites excluding steroid dienone is 11. The average Bonchev–Trinajstić information content (AvgIpc) is 2.90. The number of ketones is 1. The summed E-state index contributed by atoms with van der Waals surface area (Å²) in [5.41, 5.74) is 3.31. The van der Waals surface area contributed by atoms with Gasteiger partial charge in [0.05, 0.1) is 13.2 Å². The van der Waals surface area contributed by atoms with Crippen molar-refractivity contribution in [2.24, 2.45) is 5.92 Å². The van der Waals surface area contributed by atoms with Crippen LogP contribution in [0.2, 0.25) is 0 Å². The molecule has 1 saturated heterocycles. The lowest BCUT2D eigenvalue weighted by molar-refractivity contribution is -0.115. The average molecular weight is 539 g/mol. The largest absolute Gasteiger partial charge is 0.373 e. The highest BCUT2D eigenvalue weighted by Gasteiger charge is 2.20. The first-order valence-corrected chi connectivity index (χ1v) is 14.8. The van der Waals surface area contributed by atoms with E-state index < -0.39 is 0 Å². The Hall–Kier alpha value is -2.34. The molecule has 0 saturated carbocycles. The van der Waals surface area contributed by atoms with Gasteiger partial charge in [0.25, 0.3) is 0 Å². The molecule has 0 aliphatic carbocycles. The van der Waals surface area contributed by atoms with Crippen LogP contribution in [0.25, 0.3) is 0 Å². The summed E-state index contributed by atoms with van der Waals surface area (Å²) in [7, 11) is 0. The molecule has 4 nitrogen and oxygen atoms in total. The molecule has 0 amide bonds. The van der Waals surface area contributed by atoms with Crippen LogP contribution >= 0.6 is 11.9 Å². The molecular formula is C33H50N2O2S. The number of nitrogens with zero attached hydrogens (tertiary/aromatic N) is 1. The number of Topliss-reactive ketones (excluding diaryl/α,β-unsaturated/α-hetero) is 1. The van der Waals surface area contributed by atoms with Crippen LogP contribution in [0.15, 0.2) is 96.8 Å². The van der Waals surface area contributed by atoms with E-state index in [9.17, 15) is 4.79 Å². The van der Waals surface area contributed by atoms with Crippen molar-refractivity contribution in [2.45, 2.75) is 65.0 Å².